The third kappa shape index (κ3) is 1.91. The topological polar surface area (TPSA) is 83.6 Å². The smallest absolute Gasteiger partial charge is 0.326 e. The Morgan fingerprint density at radius 3 is 2.94 bits per heavy atom. The average molecular weight is 224 g/mol. The number of likely N-dealkylation sites (tertiary alicyclic amines) is 1. The van der Waals surface area contributed by atoms with Crippen molar-refractivity contribution in [2.24, 2.45) is 0 Å². The van der Waals surface area contributed by atoms with Crippen molar-refractivity contribution in [2.45, 2.75) is 25.3 Å². The first-order valence-corrected chi connectivity index (χ1v) is 5.14. The van der Waals surface area contributed by atoms with Gasteiger partial charge in [-0.1, -0.05) is 5.16 Å². The van der Waals surface area contributed by atoms with E-state index in [1.54, 1.807) is 0 Å². The van der Waals surface area contributed by atoms with Gasteiger partial charge in [0.05, 0.1) is 6.20 Å². The molecule has 6 heteroatoms. The van der Waals surface area contributed by atoms with Gasteiger partial charge in [0.25, 0.3) is 5.91 Å². The normalized spacial score (nSPS) is 20.8. The summed E-state index contributed by atoms with van der Waals surface area (Å²) in [5.41, 5.74) is 0. The molecule has 1 saturated heterocycles. The molecule has 0 spiro atoms. The van der Waals surface area contributed by atoms with E-state index in [9.17, 15) is 9.59 Å². The fourth-order valence-electron chi connectivity index (χ4n) is 1.90. The molecule has 16 heavy (non-hydrogen) atoms. The average Bonchev–Trinajstić information content (AvgIpc) is 2.81. The second-order valence-electron chi connectivity index (χ2n) is 3.73. The number of nitrogens with zero attached hydrogens (tertiary/aromatic N) is 2. The Balaban J connectivity index is 2.17. The molecule has 0 saturated carbocycles. The molecule has 2 rings (SSSR count). The van der Waals surface area contributed by atoms with Crippen molar-refractivity contribution in [3.63, 3.8) is 0 Å². The lowest BCUT2D eigenvalue weighted by molar-refractivity contribution is -0.143. The van der Waals surface area contributed by atoms with Crippen LogP contribution < -0.4 is 0 Å². The fraction of sp³-hybridized carbons (Fsp3) is 0.500. The molecule has 1 atom stereocenters. The van der Waals surface area contributed by atoms with Crippen LogP contribution in [0.4, 0.5) is 0 Å². The quantitative estimate of drug-likeness (QED) is 0.801. The van der Waals surface area contributed by atoms with Crippen LogP contribution in [0.1, 0.15) is 29.8 Å². The van der Waals surface area contributed by atoms with E-state index in [2.05, 4.69) is 5.16 Å². The first-order valence-electron chi connectivity index (χ1n) is 5.14. The van der Waals surface area contributed by atoms with E-state index in [0.717, 1.165) is 12.8 Å². The van der Waals surface area contributed by atoms with Crippen LogP contribution in [0.3, 0.4) is 0 Å². The molecule has 1 amide bonds. The Bertz CT molecular complexity index is 388. The van der Waals surface area contributed by atoms with Gasteiger partial charge in [-0.3, -0.25) is 4.79 Å². The van der Waals surface area contributed by atoms with Crippen LogP contribution in [0.15, 0.2) is 16.8 Å². The van der Waals surface area contributed by atoms with E-state index in [1.807, 2.05) is 0 Å². The molecule has 1 fully saturated rings. The zero-order valence-electron chi connectivity index (χ0n) is 8.63. The lowest BCUT2D eigenvalue weighted by Gasteiger charge is -2.31. The number of carbonyl (C=O) groups is 2. The van der Waals surface area contributed by atoms with Gasteiger partial charge in [-0.05, 0) is 19.3 Å². The third-order valence-corrected chi connectivity index (χ3v) is 2.70. The molecule has 0 aliphatic carbocycles. The van der Waals surface area contributed by atoms with Crippen LogP contribution in [0.2, 0.25) is 0 Å². The molecule has 1 N–H and O–H groups in total. The summed E-state index contributed by atoms with van der Waals surface area (Å²) >= 11 is 0. The largest absolute Gasteiger partial charge is 0.480 e. The van der Waals surface area contributed by atoms with E-state index < -0.39 is 17.9 Å². The summed E-state index contributed by atoms with van der Waals surface area (Å²) in [6, 6.07) is 0.696. The van der Waals surface area contributed by atoms with Gasteiger partial charge in [0.2, 0.25) is 5.76 Å². The van der Waals surface area contributed by atoms with Crippen LogP contribution in [0, 0.1) is 0 Å². The number of hydrogen-bond acceptors (Lipinski definition) is 4. The molecule has 1 aromatic heterocycles. The molecule has 0 bridgehead atoms. The van der Waals surface area contributed by atoms with Gasteiger partial charge in [-0.25, -0.2) is 4.79 Å². The first kappa shape index (κ1) is 10.7. The molecule has 1 aliphatic rings. The number of aliphatic carboxylic acids is 1. The molecule has 1 aliphatic heterocycles. The lowest BCUT2D eigenvalue weighted by Crippen LogP contribution is -2.47. The van der Waals surface area contributed by atoms with Crippen molar-refractivity contribution in [2.75, 3.05) is 6.54 Å². The number of carbonyl (C=O) groups excluding carboxylic acids is 1. The maximum Gasteiger partial charge on any atom is 0.326 e. The van der Waals surface area contributed by atoms with Gasteiger partial charge < -0.3 is 14.5 Å². The number of carboxylic acid groups (broad SMARTS) is 1. The maximum atomic E-state index is 11.9. The van der Waals surface area contributed by atoms with Crippen molar-refractivity contribution in [3.8, 4) is 0 Å². The minimum atomic E-state index is -0.965. The van der Waals surface area contributed by atoms with E-state index in [4.69, 9.17) is 9.63 Å². The minimum Gasteiger partial charge on any atom is -0.480 e. The SMILES string of the molecule is O=C(O)C1CCCCN1C(=O)c1ccno1. The number of aromatic nitrogens is 1. The summed E-state index contributed by atoms with van der Waals surface area (Å²) in [6.45, 7) is 0.455. The van der Waals surface area contributed by atoms with Crippen LogP contribution >= 0.6 is 0 Å². The molecule has 1 unspecified atom stereocenters. The molecule has 0 aromatic carbocycles. The highest BCUT2D eigenvalue weighted by molar-refractivity contribution is 5.94. The highest BCUT2D eigenvalue weighted by atomic mass is 16.5. The van der Waals surface area contributed by atoms with Crippen molar-refractivity contribution in [1.29, 1.82) is 0 Å². The number of rotatable bonds is 2. The van der Waals surface area contributed by atoms with Gasteiger partial charge in [0, 0.05) is 12.6 Å². The van der Waals surface area contributed by atoms with Gasteiger partial charge in [0.1, 0.15) is 6.04 Å². The van der Waals surface area contributed by atoms with Gasteiger partial charge >= 0.3 is 5.97 Å². The monoisotopic (exact) mass is 224 g/mol. The highest BCUT2D eigenvalue weighted by Crippen LogP contribution is 2.19. The summed E-state index contributed by atoms with van der Waals surface area (Å²) in [4.78, 5) is 24.2. The number of amides is 1. The van der Waals surface area contributed by atoms with E-state index in [1.165, 1.54) is 17.2 Å². The number of piperidine rings is 1. The number of carboxylic acids is 1. The minimum absolute atomic E-state index is 0.0909. The van der Waals surface area contributed by atoms with Crippen molar-refractivity contribution in [3.05, 3.63) is 18.0 Å². The van der Waals surface area contributed by atoms with E-state index in [-0.39, 0.29) is 5.76 Å². The van der Waals surface area contributed by atoms with Crippen LogP contribution in [-0.2, 0) is 4.79 Å². The zero-order valence-corrected chi connectivity index (χ0v) is 8.63. The van der Waals surface area contributed by atoms with Gasteiger partial charge in [0.15, 0.2) is 0 Å². The predicted molar refractivity (Wildman–Crippen MR) is 52.8 cm³/mol. The van der Waals surface area contributed by atoms with E-state index >= 15 is 0 Å². The highest BCUT2D eigenvalue weighted by Gasteiger charge is 2.33. The summed E-state index contributed by atoms with van der Waals surface area (Å²) in [5.74, 6) is -1.27. The second kappa shape index (κ2) is 4.34. The molecule has 1 aromatic rings. The Morgan fingerprint density at radius 2 is 2.31 bits per heavy atom. The van der Waals surface area contributed by atoms with Crippen molar-refractivity contribution in [1.82, 2.24) is 10.1 Å². The molecule has 2 heterocycles. The molecule has 0 radical (unpaired) electrons. The fourth-order valence-corrected chi connectivity index (χ4v) is 1.90. The third-order valence-electron chi connectivity index (χ3n) is 2.70. The Kier molecular flexibility index (Phi) is 2.89. The maximum absolute atomic E-state index is 11.9. The predicted octanol–water partition coefficient (Wildman–Crippen LogP) is 0.754. The summed E-state index contributed by atoms with van der Waals surface area (Å²) in [7, 11) is 0. The molecule has 86 valence electrons. The summed E-state index contributed by atoms with van der Waals surface area (Å²) < 4.78 is 4.74. The lowest BCUT2D eigenvalue weighted by atomic mass is 10.0. The number of hydrogen-bond donors (Lipinski definition) is 1. The van der Waals surface area contributed by atoms with Gasteiger partial charge in [-0.15, -0.1) is 0 Å². The zero-order chi connectivity index (χ0) is 11.5. The van der Waals surface area contributed by atoms with Crippen LogP contribution in [0.5, 0.6) is 0 Å². The first-order chi connectivity index (χ1) is 7.70. The molecular formula is C10H12N2O4. The Labute approximate surface area is 91.8 Å². The molecule has 6 nitrogen and oxygen atoms in total. The van der Waals surface area contributed by atoms with Crippen LogP contribution in [-0.4, -0.2) is 39.6 Å². The summed E-state index contributed by atoms with van der Waals surface area (Å²) in [6.07, 6.45) is 3.52. The van der Waals surface area contributed by atoms with E-state index in [0.29, 0.717) is 13.0 Å². The summed E-state index contributed by atoms with van der Waals surface area (Å²) in [5, 5.41) is 12.5. The standard InChI is InChI=1S/C10H12N2O4/c13-9(8-4-5-11-16-8)12-6-2-1-3-7(12)10(14)15/h4-5,7H,1-3,6H2,(H,14,15). The van der Waals surface area contributed by atoms with Gasteiger partial charge in [-0.2, -0.15) is 0 Å². The Morgan fingerprint density at radius 1 is 1.50 bits per heavy atom. The Hall–Kier alpha value is -1.85. The molecular weight excluding hydrogens is 212 g/mol. The van der Waals surface area contributed by atoms with Crippen LogP contribution in [0.25, 0.3) is 0 Å². The second-order valence-corrected chi connectivity index (χ2v) is 3.73. The van der Waals surface area contributed by atoms with Crippen molar-refractivity contribution < 1.29 is 19.2 Å². The van der Waals surface area contributed by atoms with Crippen molar-refractivity contribution >= 4 is 11.9 Å².